The van der Waals surface area contributed by atoms with Crippen LogP contribution in [0.15, 0.2) is 23.4 Å². The number of nitrogens with two attached hydrogens (primary N) is 1. The lowest BCUT2D eigenvalue weighted by molar-refractivity contribution is 0.0786. The molecule has 0 saturated carbocycles. The SMILES string of the molecule is CCN(C/C(N)=N/O)C(=O)c1ccc(C)c(C)c1. The Hall–Kier alpha value is -2.04. The van der Waals surface area contributed by atoms with Gasteiger partial charge in [0.1, 0.15) is 0 Å². The second kappa shape index (κ2) is 6.05. The van der Waals surface area contributed by atoms with E-state index in [-0.39, 0.29) is 18.3 Å². The molecule has 5 nitrogen and oxygen atoms in total. The molecule has 1 aromatic carbocycles. The highest BCUT2D eigenvalue weighted by molar-refractivity contribution is 5.97. The molecule has 0 radical (unpaired) electrons. The largest absolute Gasteiger partial charge is 0.409 e. The summed E-state index contributed by atoms with van der Waals surface area (Å²) in [6, 6.07) is 5.56. The topological polar surface area (TPSA) is 78.9 Å². The Morgan fingerprint density at radius 2 is 2.06 bits per heavy atom. The molecule has 18 heavy (non-hydrogen) atoms. The Labute approximate surface area is 107 Å². The number of carbonyl (C=O) groups excluding carboxylic acids is 1. The zero-order valence-corrected chi connectivity index (χ0v) is 11.0. The van der Waals surface area contributed by atoms with E-state index >= 15 is 0 Å². The summed E-state index contributed by atoms with van der Waals surface area (Å²) in [5.41, 5.74) is 8.26. The molecule has 0 aliphatic heterocycles. The fraction of sp³-hybridized carbons (Fsp3) is 0.385. The molecule has 0 spiro atoms. The van der Waals surface area contributed by atoms with Crippen LogP contribution in [0.5, 0.6) is 0 Å². The van der Waals surface area contributed by atoms with E-state index in [0.717, 1.165) is 11.1 Å². The second-order valence-electron chi connectivity index (χ2n) is 4.21. The van der Waals surface area contributed by atoms with Gasteiger partial charge in [-0.3, -0.25) is 4.79 Å². The van der Waals surface area contributed by atoms with Gasteiger partial charge >= 0.3 is 0 Å². The van der Waals surface area contributed by atoms with Gasteiger partial charge in [0.05, 0.1) is 6.54 Å². The maximum atomic E-state index is 12.2. The maximum Gasteiger partial charge on any atom is 0.254 e. The number of oxime groups is 1. The van der Waals surface area contributed by atoms with E-state index in [0.29, 0.717) is 12.1 Å². The van der Waals surface area contributed by atoms with Crippen LogP contribution in [0.1, 0.15) is 28.4 Å². The number of nitrogens with zero attached hydrogens (tertiary/aromatic N) is 2. The molecule has 1 aromatic rings. The Morgan fingerprint density at radius 3 is 2.56 bits per heavy atom. The summed E-state index contributed by atoms with van der Waals surface area (Å²) < 4.78 is 0. The van der Waals surface area contributed by atoms with Crippen LogP contribution < -0.4 is 5.73 Å². The van der Waals surface area contributed by atoms with Gasteiger partial charge in [-0.2, -0.15) is 0 Å². The monoisotopic (exact) mass is 249 g/mol. The number of amidine groups is 1. The van der Waals surface area contributed by atoms with Crippen molar-refractivity contribution in [2.45, 2.75) is 20.8 Å². The maximum absolute atomic E-state index is 12.2. The van der Waals surface area contributed by atoms with E-state index < -0.39 is 0 Å². The van der Waals surface area contributed by atoms with E-state index in [1.54, 1.807) is 6.07 Å². The highest BCUT2D eigenvalue weighted by Gasteiger charge is 2.15. The van der Waals surface area contributed by atoms with E-state index in [1.165, 1.54) is 4.90 Å². The minimum absolute atomic E-state index is 0.0223. The van der Waals surface area contributed by atoms with Crippen molar-refractivity contribution in [1.29, 1.82) is 0 Å². The normalized spacial score (nSPS) is 11.4. The molecule has 3 N–H and O–H groups in total. The molecule has 0 heterocycles. The van der Waals surface area contributed by atoms with Gasteiger partial charge in [-0.15, -0.1) is 0 Å². The molecule has 0 unspecified atom stereocenters. The predicted molar refractivity (Wildman–Crippen MR) is 70.9 cm³/mol. The van der Waals surface area contributed by atoms with Crippen LogP contribution in [0.4, 0.5) is 0 Å². The first-order valence-corrected chi connectivity index (χ1v) is 5.82. The van der Waals surface area contributed by atoms with Crippen molar-refractivity contribution in [3.8, 4) is 0 Å². The van der Waals surface area contributed by atoms with Crippen LogP contribution >= 0.6 is 0 Å². The van der Waals surface area contributed by atoms with E-state index in [2.05, 4.69) is 5.16 Å². The molecular formula is C13H19N3O2. The minimum Gasteiger partial charge on any atom is -0.409 e. The lowest BCUT2D eigenvalue weighted by Crippen LogP contribution is -2.38. The van der Waals surface area contributed by atoms with Gasteiger partial charge in [0, 0.05) is 12.1 Å². The van der Waals surface area contributed by atoms with Crippen molar-refractivity contribution in [1.82, 2.24) is 4.90 Å². The standard InChI is InChI=1S/C13H19N3O2/c1-4-16(8-12(14)15-18)13(17)11-6-5-9(2)10(3)7-11/h5-7,18H,4,8H2,1-3H3,(H2,14,15). The molecule has 0 aromatic heterocycles. The summed E-state index contributed by atoms with van der Waals surface area (Å²) in [5.74, 6) is -0.0961. The molecule has 0 fully saturated rings. The molecule has 1 amide bonds. The van der Waals surface area contributed by atoms with E-state index in [9.17, 15) is 4.79 Å². The number of hydrogen-bond donors (Lipinski definition) is 2. The fourth-order valence-electron chi connectivity index (χ4n) is 1.61. The molecule has 98 valence electrons. The third kappa shape index (κ3) is 3.23. The molecule has 0 aliphatic carbocycles. The van der Waals surface area contributed by atoms with E-state index in [1.807, 2.05) is 32.9 Å². The molecule has 0 atom stereocenters. The Kier molecular flexibility index (Phi) is 4.71. The summed E-state index contributed by atoms with van der Waals surface area (Å²) in [7, 11) is 0. The number of benzene rings is 1. The predicted octanol–water partition coefficient (Wildman–Crippen LogP) is 1.51. The summed E-state index contributed by atoms with van der Waals surface area (Å²) in [4.78, 5) is 13.8. The average Bonchev–Trinajstić information content (AvgIpc) is 2.38. The van der Waals surface area contributed by atoms with Gasteiger partial charge < -0.3 is 15.8 Å². The van der Waals surface area contributed by atoms with Crippen LogP contribution in [0, 0.1) is 13.8 Å². The van der Waals surface area contributed by atoms with Crippen molar-refractivity contribution >= 4 is 11.7 Å². The second-order valence-corrected chi connectivity index (χ2v) is 4.21. The first kappa shape index (κ1) is 14.0. The van der Waals surface area contributed by atoms with Crippen molar-refractivity contribution in [2.24, 2.45) is 10.9 Å². The van der Waals surface area contributed by atoms with Crippen LogP contribution in [0.2, 0.25) is 0 Å². The lowest BCUT2D eigenvalue weighted by atomic mass is 10.1. The number of amides is 1. The van der Waals surface area contributed by atoms with Crippen LogP contribution in [-0.2, 0) is 0 Å². The molecule has 0 saturated heterocycles. The van der Waals surface area contributed by atoms with Crippen molar-refractivity contribution in [3.05, 3.63) is 34.9 Å². The number of likely N-dealkylation sites (N-methyl/N-ethyl adjacent to an activating group) is 1. The van der Waals surface area contributed by atoms with Crippen molar-refractivity contribution in [3.63, 3.8) is 0 Å². The first-order chi connectivity index (χ1) is 8.49. The zero-order chi connectivity index (χ0) is 13.7. The van der Waals surface area contributed by atoms with Gasteiger partial charge in [-0.1, -0.05) is 11.2 Å². The summed E-state index contributed by atoms with van der Waals surface area (Å²) in [5, 5.41) is 11.4. The van der Waals surface area contributed by atoms with Gasteiger partial charge in [-0.25, -0.2) is 0 Å². The number of aryl methyl sites for hydroxylation is 2. The highest BCUT2D eigenvalue weighted by atomic mass is 16.4. The van der Waals surface area contributed by atoms with Gasteiger partial charge in [-0.05, 0) is 44.0 Å². The van der Waals surface area contributed by atoms with Crippen LogP contribution in [0.25, 0.3) is 0 Å². The summed E-state index contributed by atoms with van der Waals surface area (Å²) in [6.07, 6.45) is 0. The molecule has 0 bridgehead atoms. The Bertz CT molecular complexity index is 469. The quantitative estimate of drug-likeness (QED) is 0.367. The van der Waals surface area contributed by atoms with E-state index in [4.69, 9.17) is 10.9 Å². The third-order valence-corrected chi connectivity index (χ3v) is 2.90. The fourth-order valence-corrected chi connectivity index (χ4v) is 1.61. The first-order valence-electron chi connectivity index (χ1n) is 5.82. The molecule has 1 rings (SSSR count). The third-order valence-electron chi connectivity index (χ3n) is 2.90. The Morgan fingerprint density at radius 1 is 1.39 bits per heavy atom. The summed E-state index contributed by atoms with van der Waals surface area (Å²) in [6.45, 7) is 6.44. The number of carbonyl (C=O) groups is 1. The van der Waals surface area contributed by atoms with Gasteiger partial charge in [0.25, 0.3) is 5.91 Å². The minimum atomic E-state index is -0.118. The van der Waals surface area contributed by atoms with Crippen LogP contribution in [0.3, 0.4) is 0 Å². The van der Waals surface area contributed by atoms with Crippen LogP contribution in [-0.4, -0.2) is 34.9 Å². The number of hydrogen-bond acceptors (Lipinski definition) is 3. The zero-order valence-electron chi connectivity index (χ0n) is 11.0. The van der Waals surface area contributed by atoms with Crippen molar-refractivity contribution in [2.75, 3.05) is 13.1 Å². The molecular weight excluding hydrogens is 230 g/mol. The Balaban J connectivity index is 2.93. The summed E-state index contributed by atoms with van der Waals surface area (Å²) >= 11 is 0. The van der Waals surface area contributed by atoms with Gasteiger partial charge in [0.15, 0.2) is 5.84 Å². The number of rotatable bonds is 4. The van der Waals surface area contributed by atoms with Crippen molar-refractivity contribution < 1.29 is 10.0 Å². The highest BCUT2D eigenvalue weighted by Crippen LogP contribution is 2.12. The molecule has 0 aliphatic rings. The van der Waals surface area contributed by atoms with Gasteiger partial charge in [0.2, 0.25) is 0 Å². The lowest BCUT2D eigenvalue weighted by Gasteiger charge is -2.20. The smallest absolute Gasteiger partial charge is 0.254 e. The molecule has 5 heteroatoms. The average molecular weight is 249 g/mol.